The van der Waals surface area contributed by atoms with Gasteiger partial charge in [-0.2, -0.15) is 9.61 Å². The first-order valence-corrected chi connectivity index (χ1v) is 14.1. The van der Waals surface area contributed by atoms with Crippen LogP contribution in [0.3, 0.4) is 0 Å². The number of nitrogens with two attached hydrogens (primary N) is 1. The summed E-state index contributed by atoms with van der Waals surface area (Å²) >= 11 is 0. The molecule has 3 atom stereocenters. The summed E-state index contributed by atoms with van der Waals surface area (Å²) in [5.41, 5.74) is 12.8. The Labute approximate surface area is 234 Å². The van der Waals surface area contributed by atoms with E-state index in [0.717, 1.165) is 66.5 Å². The lowest BCUT2D eigenvalue weighted by atomic mass is 9.85. The van der Waals surface area contributed by atoms with Gasteiger partial charge in [-0.25, -0.2) is 9.37 Å². The van der Waals surface area contributed by atoms with Crippen molar-refractivity contribution >= 4 is 17.4 Å². The third kappa shape index (κ3) is 3.98. The first-order valence-electron chi connectivity index (χ1n) is 14.1. The molecule has 2 saturated heterocycles. The highest BCUT2D eigenvalue weighted by atomic mass is 19.1. The number of nitrogens with zero attached hydrogens (tertiary/aromatic N) is 7. The fourth-order valence-corrected chi connectivity index (χ4v) is 6.89. The van der Waals surface area contributed by atoms with E-state index in [9.17, 15) is 9.18 Å². The van der Waals surface area contributed by atoms with Gasteiger partial charge in [-0.3, -0.25) is 9.78 Å². The summed E-state index contributed by atoms with van der Waals surface area (Å²) in [6, 6.07) is 10.5. The zero-order valence-corrected chi connectivity index (χ0v) is 22.2. The van der Waals surface area contributed by atoms with Crippen LogP contribution in [0.4, 0.5) is 10.2 Å². The van der Waals surface area contributed by atoms with Gasteiger partial charge in [0, 0.05) is 46.5 Å². The van der Waals surface area contributed by atoms with Crippen molar-refractivity contribution in [2.24, 2.45) is 0 Å². The molecule has 3 N–H and O–H groups in total. The number of rotatable bonds is 5. The van der Waals surface area contributed by atoms with Gasteiger partial charge in [0.15, 0.2) is 5.65 Å². The molecule has 5 aromatic rings. The van der Waals surface area contributed by atoms with Crippen LogP contribution >= 0.6 is 0 Å². The van der Waals surface area contributed by atoms with Crippen LogP contribution in [0.15, 0.2) is 55.1 Å². The summed E-state index contributed by atoms with van der Waals surface area (Å²) in [4.78, 5) is 28.0. The van der Waals surface area contributed by atoms with Crippen molar-refractivity contribution in [1.82, 2.24) is 39.7 Å². The fourth-order valence-electron chi connectivity index (χ4n) is 6.89. The summed E-state index contributed by atoms with van der Waals surface area (Å²) in [6.45, 7) is 0. The van der Waals surface area contributed by atoms with E-state index >= 15 is 0 Å². The minimum Gasteiger partial charge on any atom is -0.383 e. The Morgan fingerprint density at radius 3 is 2.51 bits per heavy atom. The molecule has 0 spiro atoms. The van der Waals surface area contributed by atoms with Crippen molar-refractivity contribution in [1.29, 1.82) is 0 Å². The molecule has 41 heavy (non-hydrogen) atoms. The Morgan fingerprint density at radius 1 is 1.00 bits per heavy atom. The first kappa shape index (κ1) is 24.2. The molecule has 10 nitrogen and oxygen atoms in total. The molecule has 1 aromatic carbocycles. The van der Waals surface area contributed by atoms with Crippen LogP contribution in [0, 0.1) is 5.82 Å². The molecule has 4 aromatic heterocycles. The van der Waals surface area contributed by atoms with Gasteiger partial charge in [-0.1, -0.05) is 18.2 Å². The maximum absolute atomic E-state index is 13.7. The lowest BCUT2D eigenvalue weighted by Crippen LogP contribution is -2.46. The molecule has 3 fully saturated rings. The number of carbonyl (C=O) groups excluding carboxylic acids is 1. The van der Waals surface area contributed by atoms with Crippen molar-refractivity contribution < 1.29 is 9.18 Å². The van der Waals surface area contributed by atoms with Crippen LogP contribution in [0.2, 0.25) is 0 Å². The second-order valence-electron chi connectivity index (χ2n) is 11.4. The Kier molecular flexibility index (Phi) is 5.41. The molecule has 206 valence electrons. The van der Waals surface area contributed by atoms with E-state index in [-0.39, 0.29) is 29.7 Å². The molecule has 1 saturated carbocycles. The van der Waals surface area contributed by atoms with Crippen LogP contribution in [0.25, 0.3) is 28.0 Å². The largest absolute Gasteiger partial charge is 0.383 e. The predicted molar refractivity (Wildman–Crippen MR) is 149 cm³/mol. The van der Waals surface area contributed by atoms with Gasteiger partial charge in [0.1, 0.15) is 18.0 Å². The smallest absolute Gasteiger partial charge is 0.292 e. The van der Waals surface area contributed by atoms with Crippen molar-refractivity contribution in [2.45, 2.75) is 62.4 Å². The summed E-state index contributed by atoms with van der Waals surface area (Å²) in [5, 5.41) is 12.4. The molecule has 8 rings (SSSR count). The predicted octanol–water partition coefficient (Wildman–Crippen LogP) is 4.73. The van der Waals surface area contributed by atoms with E-state index in [1.54, 1.807) is 23.0 Å². The van der Waals surface area contributed by atoms with Gasteiger partial charge in [0.25, 0.3) is 5.91 Å². The van der Waals surface area contributed by atoms with Gasteiger partial charge < -0.3 is 15.6 Å². The molecule has 0 unspecified atom stereocenters. The summed E-state index contributed by atoms with van der Waals surface area (Å²) in [6.07, 6.45) is 10.8. The number of nitrogens with one attached hydrogen (secondary N) is 1. The third-order valence-corrected chi connectivity index (χ3v) is 8.90. The minimum absolute atomic E-state index is 0.0777. The average Bonchev–Trinajstić information content (AvgIpc) is 3.37. The summed E-state index contributed by atoms with van der Waals surface area (Å²) < 4.78 is 15.5. The Morgan fingerprint density at radius 2 is 1.83 bits per heavy atom. The van der Waals surface area contributed by atoms with E-state index in [2.05, 4.69) is 25.3 Å². The number of hydrogen-bond acceptors (Lipinski definition) is 7. The molecule has 11 heteroatoms. The second kappa shape index (κ2) is 9.18. The molecule has 0 radical (unpaired) electrons. The number of carbonyl (C=O) groups is 1. The molecular weight excluding hydrogens is 521 g/mol. The number of halogens is 1. The molecular formula is C30H28FN9O. The van der Waals surface area contributed by atoms with Crippen LogP contribution in [0.5, 0.6) is 0 Å². The van der Waals surface area contributed by atoms with Gasteiger partial charge in [-0.15, -0.1) is 10.2 Å². The minimum atomic E-state index is -0.295. The van der Waals surface area contributed by atoms with E-state index in [1.165, 1.54) is 18.5 Å². The maximum Gasteiger partial charge on any atom is 0.292 e. The lowest BCUT2D eigenvalue weighted by Gasteiger charge is -2.39. The number of piperidine rings is 1. The highest BCUT2D eigenvalue weighted by molar-refractivity contribution is 5.91. The quantitative estimate of drug-likeness (QED) is 0.324. The standard InChI is InChI=1S/C30H28FN9O/c31-20-3-1-2-17(10-20)24-9-6-18(13-33-24)23-14-36-40-27(32)25(16-4-5-16)26(37-29(23)40)19-11-21-7-8-22(12-19)39(21)30(41)28-34-15-35-38-28/h1-3,6,9-10,13-16,19,21-22H,4-5,7-8,11-12,32H2,(H,34,35,38)/t19-,21-,22+. The molecule has 1 aliphatic carbocycles. The van der Waals surface area contributed by atoms with Crippen LogP contribution in [-0.2, 0) is 0 Å². The molecule has 2 bridgehead atoms. The van der Waals surface area contributed by atoms with E-state index in [0.29, 0.717) is 28.9 Å². The van der Waals surface area contributed by atoms with Crippen molar-refractivity contribution in [3.05, 3.63) is 78.0 Å². The Balaban J connectivity index is 1.16. The van der Waals surface area contributed by atoms with Crippen molar-refractivity contribution in [3.8, 4) is 22.4 Å². The number of H-pyrrole nitrogens is 1. The number of hydrogen-bond donors (Lipinski definition) is 2. The second-order valence-corrected chi connectivity index (χ2v) is 11.4. The monoisotopic (exact) mass is 549 g/mol. The lowest BCUT2D eigenvalue weighted by molar-refractivity contribution is 0.0557. The number of nitrogen functional groups attached to an aromatic ring is 1. The number of anilines is 1. The number of benzene rings is 1. The zero-order valence-electron chi connectivity index (χ0n) is 22.2. The van der Waals surface area contributed by atoms with Crippen molar-refractivity contribution in [3.63, 3.8) is 0 Å². The SMILES string of the molecule is Nc1c(C2CC2)c([C@@H]2C[C@H]3CC[C@@H](C2)N3C(=O)c2nnc[nH]2)nc2c(-c3ccc(-c4cccc(F)c4)nc3)cnn12. The average molecular weight is 550 g/mol. The number of pyridine rings is 1. The van der Waals surface area contributed by atoms with Gasteiger partial charge in [-0.05, 0) is 62.6 Å². The van der Waals surface area contributed by atoms with Crippen LogP contribution in [0.1, 0.15) is 72.2 Å². The molecule has 1 amide bonds. The van der Waals surface area contributed by atoms with E-state index in [4.69, 9.17) is 10.7 Å². The normalized spacial score (nSPS) is 22.0. The van der Waals surface area contributed by atoms with Gasteiger partial charge >= 0.3 is 0 Å². The Bertz CT molecular complexity index is 1760. The number of fused-ring (bicyclic) bond motifs is 3. The molecule has 3 aliphatic rings. The molecule has 2 aliphatic heterocycles. The zero-order chi connectivity index (χ0) is 27.7. The summed E-state index contributed by atoms with van der Waals surface area (Å²) in [7, 11) is 0. The maximum atomic E-state index is 13.7. The molecule has 6 heterocycles. The van der Waals surface area contributed by atoms with Crippen LogP contribution < -0.4 is 5.73 Å². The van der Waals surface area contributed by atoms with E-state index in [1.807, 2.05) is 23.1 Å². The summed E-state index contributed by atoms with van der Waals surface area (Å²) in [5.74, 6) is 1.17. The highest BCUT2D eigenvalue weighted by Crippen LogP contribution is 2.50. The first-order chi connectivity index (χ1) is 20.0. The van der Waals surface area contributed by atoms with Crippen molar-refractivity contribution in [2.75, 3.05) is 5.73 Å². The number of aromatic amines is 1. The van der Waals surface area contributed by atoms with Gasteiger partial charge in [0.2, 0.25) is 5.82 Å². The Hall–Kier alpha value is -4.67. The third-order valence-electron chi connectivity index (χ3n) is 8.90. The topological polar surface area (TPSA) is 131 Å². The van der Waals surface area contributed by atoms with Crippen LogP contribution in [-0.4, -0.2) is 57.7 Å². The fraction of sp³-hybridized carbons (Fsp3) is 0.333. The highest BCUT2D eigenvalue weighted by Gasteiger charge is 2.46. The number of amides is 1. The van der Waals surface area contributed by atoms with E-state index < -0.39 is 0 Å². The van der Waals surface area contributed by atoms with Gasteiger partial charge in [0.05, 0.1) is 17.6 Å². The number of aromatic nitrogens is 7.